The number of aliphatic carboxylic acids is 2. The summed E-state index contributed by atoms with van der Waals surface area (Å²) >= 11 is 4.01. The summed E-state index contributed by atoms with van der Waals surface area (Å²) in [5.74, 6) is -4.98. The number of hydrogen-bond acceptors (Lipinski definition) is 8. The van der Waals surface area contributed by atoms with E-state index in [-0.39, 0.29) is 18.6 Å². The largest absolute Gasteiger partial charge is 0.481 e. The Morgan fingerprint density at radius 2 is 1.65 bits per heavy atom. The Kier molecular flexibility index (Phi) is 10.5. The molecule has 31 heavy (non-hydrogen) atoms. The Morgan fingerprint density at radius 1 is 1.06 bits per heavy atom. The van der Waals surface area contributed by atoms with Gasteiger partial charge in [0.2, 0.25) is 17.7 Å². The van der Waals surface area contributed by atoms with Gasteiger partial charge in [0.1, 0.15) is 18.1 Å². The fraction of sp³-hybridized carbons (Fsp3) is 0.529. The highest BCUT2D eigenvalue weighted by Gasteiger charge is 2.29. The number of H-pyrrole nitrogens is 1. The third-order valence-corrected chi connectivity index (χ3v) is 4.47. The van der Waals surface area contributed by atoms with Crippen molar-refractivity contribution in [2.45, 2.75) is 50.4 Å². The number of imidazole rings is 1. The summed E-state index contributed by atoms with van der Waals surface area (Å²) in [4.78, 5) is 65.7. The second-order valence-electron chi connectivity index (χ2n) is 6.71. The zero-order valence-electron chi connectivity index (χ0n) is 16.7. The molecule has 0 aliphatic heterocycles. The number of thiol groups is 1. The number of aromatic nitrogens is 2. The summed E-state index contributed by atoms with van der Waals surface area (Å²) in [6.45, 7) is 1.39. The van der Waals surface area contributed by atoms with E-state index >= 15 is 0 Å². The molecular formula is C17H26N6O7S. The highest BCUT2D eigenvalue weighted by Crippen LogP contribution is 2.03. The van der Waals surface area contributed by atoms with E-state index < -0.39 is 60.2 Å². The van der Waals surface area contributed by atoms with E-state index in [0.717, 1.165) is 0 Å². The molecule has 1 aromatic rings. The maximum atomic E-state index is 12.6. The highest BCUT2D eigenvalue weighted by molar-refractivity contribution is 7.80. The second-order valence-corrected chi connectivity index (χ2v) is 7.07. The Hall–Kier alpha value is -3.13. The van der Waals surface area contributed by atoms with Crippen LogP contribution in [0.25, 0.3) is 0 Å². The Bertz CT molecular complexity index is 786. The van der Waals surface area contributed by atoms with Gasteiger partial charge >= 0.3 is 11.9 Å². The predicted molar refractivity (Wildman–Crippen MR) is 110 cm³/mol. The maximum absolute atomic E-state index is 12.6. The molecule has 0 bridgehead atoms. The first-order chi connectivity index (χ1) is 14.5. The van der Waals surface area contributed by atoms with Gasteiger partial charge in [-0.3, -0.25) is 19.2 Å². The SMILES string of the molecule is CC(N)C(=O)NC(CCC(=O)O)C(=O)NC(CS)C(=O)NC(Cc1cnc[nH]1)C(=O)O. The first kappa shape index (κ1) is 25.9. The molecule has 172 valence electrons. The molecule has 0 saturated carbocycles. The van der Waals surface area contributed by atoms with Crippen molar-refractivity contribution in [1.82, 2.24) is 25.9 Å². The monoisotopic (exact) mass is 458 g/mol. The number of carbonyl (C=O) groups is 5. The van der Waals surface area contributed by atoms with Crippen LogP contribution >= 0.6 is 12.6 Å². The maximum Gasteiger partial charge on any atom is 0.326 e. The molecule has 0 saturated heterocycles. The zero-order chi connectivity index (χ0) is 23.6. The summed E-state index contributed by atoms with van der Waals surface area (Å²) < 4.78 is 0. The van der Waals surface area contributed by atoms with Crippen molar-refractivity contribution in [2.75, 3.05) is 5.75 Å². The lowest BCUT2D eigenvalue weighted by atomic mass is 10.1. The highest BCUT2D eigenvalue weighted by atomic mass is 32.1. The van der Waals surface area contributed by atoms with Crippen LogP contribution in [0.1, 0.15) is 25.5 Å². The molecular weight excluding hydrogens is 432 g/mol. The fourth-order valence-electron chi connectivity index (χ4n) is 2.39. The lowest BCUT2D eigenvalue weighted by Crippen LogP contribution is -2.57. The number of carbonyl (C=O) groups excluding carboxylic acids is 3. The zero-order valence-corrected chi connectivity index (χ0v) is 17.6. The molecule has 13 nitrogen and oxygen atoms in total. The minimum absolute atomic E-state index is 0.0695. The van der Waals surface area contributed by atoms with E-state index in [2.05, 4.69) is 38.5 Å². The van der Waals surface area contributed by atoms with Gasteiger partial charge in [0.15, 0.2) is 0 Å². The number of carboxylic acid groups (broad SMARTS) is 2. The van der Waals surface area contributed by atoms with Crippen molar-refractivity contribution in [2.24, 2.45) is 5.73 Å². The van der Waals surface area contributed by atoms with Gasteiger partial charge in [-0.1, -0.05) is 0 Å². The summed E-state index contributed by atoms with van der Waals surface area (Å²) in [7, 11) is 0. The average molecular weight is 458 g/mol. The molecule has 1 rings (SSSR count). The van der Waals surface area contributed by atoms with Gasteiger partial charge < -0.3 is 36.9 Å². The number of carboxylic acids is 2. The average Bonchev–Trinajstić information content (AvgIpc) is 3.20. The molecule has 0 fully saturated rings. The van der Waals surface area contributed by atoms with Crippen molar-refractivity contribution in [3.63, 3.8) is 0 Å². The normalized spacial score (nSPS) is 14.5. The second kappa shape index (κ2) is 12.5. The van der Waals surface area contributed by atoms with Gasteiger partial charge in [0, 0.05) is 30.5 Å². The lowest BCUT2D eigenvalue weighted by molar-refractivity contribution is -0.142. The number of nitrogens with one attached hydrogen (secondary N) is 4. The molecule has 4 atom stereocenters. The van der Waals surface area contributed by atoms with Gasteiger partial charge in [-0.05, 0) is 13.3 Å². The van der Waals surface area contributed by atoms with Gasteiger partial charge in [0.05, 0.1) is 12.4 Å². The van der Waals surface area contributed by atoms with E-state index in [1.165, 1.54) is 19.4 Å². The number of amides is 3. The number of nitrogens with zero attached hydrogens (tertiary/aromatic N) is 1. The topological polar surface area (TPSA) is 217 Å². The van der Waals surface area contributed by atoms with Crippen LogP contribution in [-0.4, -0.2) is 79.8 Å². The van der Waals surface area contributed by atoms with Crippen molar-refractivity contribution < 1.29 is 34.2 Å². The molecule has 8 N–H and O–H groups in total. The molecule has 0 aromatic carbocycles. The summed E-state index contributed by atoms with van der Waals surface area (Å²) in [5.41, 5.74) is 5.93. The number of aromatic amines is 1. The van der Waals surface area contributed by atoms with E-state index in [1.54, 1.807) is 0 Å². The number of hydrogen-bond donors (Lipinski definition) is 8. The van der Waals surface area contributed by atoms with Crippen LogP contribution in [0.2, 0.25) is 0 Å². The van der Waals surface area contributed by atoms with Gasteiger partial charge in [-0.15, -0.1) is 0 Å². The minimum atomic E-state index is -1.30. The summed E-state index contributed by atoms with van der Waals surface area (Å²) in [5, 5.41) is 25.2. The van der Waals surface area contributed by atoms with Crippen LogP contribution in [0.15, 0.2) is 12.5 Å². The molecule has 1 heterocycles. The van der Waals surface area contributed by atoms with E-state index in [4.69, 9.17) is 10.8 Å². The Morgan fingerprint density at radius 3 is 2.13 bits per heavy atom. The van der Waals surface area contributed by atoms with Gasteiger partial charge in [-0.25, -0.2) is 9.78 Å². The quantitative estimate of drug-likeness (QED) is 0.148. The minimum Gasteiger partial charge on any atom is -0.481 e. The van der Waals surface area contributed by atoms with Crippen LogP contribution in [-0.2, 0) is 30.4 Å². The van der Waals surface area contributed by atoms with Gasteiger partial charge in [0.25, 0.3) is 0 Å². The molecule has 1 aromatic heterocycles. The molecule has 0 spiro atoms. The summed E-state index contributed by atoms with van der Waals surface area (Å²) in [6.07, 6.45) is 2.05. The predicted octanol–water partition coefficient (Wildman–Crippen LogP) is -2.37. The smallest absolute Gasteiger partial charge is 0.326 e. The first-order valence-corrected chi connectivity index (χ1v) is 9.87. The lowest BCUT2D eigenvalue weighted by Gasteiger charge is -2.23. The third kappa shape index (κ3) is 9.04. The van der Waals surface area contributed by atoms with Crippen LogP contribution in [0.4, 0.5) is 0 Å². The van der Waals surface area contributed by atoms with Crippen LogP contribution < -0.4 is 21.7 Å². The standard InChI is InChI=1S/C17H26N6O7S/c1-8(18)14(26)21-10(2-3-13(24)25)15(27)23-12(6-31)16(28)22-11(17(29)30)4-9-5-19-7-20-9/h5,7-8,10-12,31H,2-4,6,18H2,1H3,(H,19,20)(H,21,26)(H,22,28)(H,23,27)(H,24,25)(H,29,30). The Balaban J connectivity index is 2.83. The molecule has 14 heteroatoms. The van der Waals surface area contributed by atoms with Crippen molar-refractivity contribution >= 4 is 42.3 Å². The van der Waals surface area contributed by atoms with E-state index in [1.807, 2.05) is 0 Å². The van der Waals surface area contributed by atoms with Crippen molar-refractivity contribution in [1.29, 1.82) is 0 Å². The third-order valence-electron chi connectivity index (χ3n) is 4.10. The fourth-order valence-corrected chi connectivity index (χ4v) is 2.65. The molecule has 0 aliphatic rings. The van der Waals surface area contributed by atoms with Crippen LogP contribution in [0, 0.1) is 0 Å². The van der Waals surface area contributed by atoms with Crippen LogP contribution in [0.5, 0.6) is 0 Å². The molecule has 0 aliphatic carbocycles. The summed E-state index contributed by atoms with van der Waals surface area (Å²) in [6, 6.07) is -4.74. The molecule has 0 radical (unpaired) electrons. The van der Waals surface area contributed by atoms with Crippen molar-refractivity contribution in [3.8, 4) is 0 Å². The van der Waals surface area contributed by atoms with Crippen molar-refractivity contribution in [3.05, 3.63) is 18.2 Å². The van der Waals surface area contributed by atoms with E-state index in [0.29, 0.717) is 5.69 Å². The first-order valence-electron chi connectivity index (χ1n) is 9.24. The number of nitrogens with two attached hydrogens (primary N) is 1. The van der Waals surface area contributed by atoms with Crippen LogP contribution in [0.3, 0.4) is 0 Å². The molecule has 3 amide bonds. The Labute approximate surface area is 183 Å². The van der Waals surface area contributed by atoms with Gasteiger partial charge in [-0.2, -0.15) is 12.6 Å². The van der Waals surface area contributed by atoms with E-state index in [9.17, 15) is 29.1 Å². The number of rotatable bonds is 13. The molecule has 4 unspecified atom stereocenters.